The summed E-state index contributed by atoms with van der Waals surface area (Å²) in [7, 11) is 0. The Morgan fingerprint density at radius 1 is 0.396 bits per heavy atom. The van der Waals surface area contributed by atoms with E-state index in [-0.39, 0.29) is 12.0 Å². The van der Waals surface area contributed by atoms with Crippen LogP contribution in [0.4, 0.5) is 17.1 Å². The van der Waals surface area contributed by atoms with E-state index in [2.05, 4.69) is 193 Å². The van der Waals surface area contributed by atoms with Crippen LogP contribution in [-0.4, -0.2) is 6.10 Å². The molecule has 0 fully saturated rings. The van der Waals surface area contributed by atoms with Gasteiger partial charge in [0, 0.05) is 22.6 Å². The molecule has 2 nitrogen and oxygen atoms in total. The van der Waals surface area contributed by atoms with Crippen LogP contribution in [0.1, 0.15) is 22.6 Å². The van der Waals surface area contributed by atoms with Crippen LogP contribution in [-0.2, 0) is 0 Å². The monoisotopic (exact) mass is 615 g/mol. The third kappa shape index (κ3) is 5.09. The summed E-state index contributed by atoms with van der Waals surface area (Å²) in [4.78, 5) is 2.33. The predicted molar refractivity (Wildman–Crippen MR) is 199 cm³/mol. The molecule has 9 rings (SSSR count). The molecule has 48 heavy (non-hydrogen) atoms. The molecule has 0 aromatic heterocycles. The van der Waals surface area contributed by atoms with Crippen LogP contribution in [0.3, 0.4) is 0 Å². The van der Waals surface area contributed by atoms with Gasteiger partial charge in [0.1, 0.15) is 11.9 Å². The third-order valence-corrected chi connectivity index (χ3v) is 9.64. The molecule has 7 aromatic carbocycles. The van der Waals surface area contributed by atoms with Gasteiger partial charge >= 0.3 is 0 Å². The van der Waals surface area contributed by atoms with Crippen LogP contribution in [0.2, 0.25) is 0 Å². The number of rotatable bonds is 6. The van der Waals surface area contributed by atoms with E-state index < -0.39 is 0 Å². The minimum atomic E-state index is 0.0459. The zero-order chi connectivity index (χ0) is 31.9. The summed E-state index contributed by atoms with van der Waals surface area (Å²) in [5.41, 5.74) is 14.4. The van der Waals surface area contributed by atoms with Crippen molar-refractivity contribution in [1.29, 1.82) is 0 Å². The Balaban J connectivity index is 1.04. The topological polar surface area (TPSA) is 12.5 Å². The molecule has 0 spiro atoms. The molecule has 2 atom stereocenters. The maximum atomic E-state index is 6.38. The Labute approximate surface area is 281 Å². The highest BCUT2D eigenvalue weighted by Gasteiger charge is 2.37. The molecule has 1 aliphatic carbocycles. The molecule has 0 saturated carbocycles. The van der Waals surface area contributed by atoms with E-state index in [1.165, 1.54) is 50.1 Å². The van der Waals surface area contributed by atoms with E-state index in [1.54, 1.807) is 0 Å². The SMILES string of the molecule is C1=CC2Oc3ccc(-c4ccc(N(c5ccccc5)c5cccc(-c6ccc(-c7ccccc7)cc6)c5)cc4)cc3C2c2ccccc21. The number of anilines is 3. The average Bonchev–Trinajstić information content (AvgIpc) is 3.55. The van der Waals surface area contributed by atoms with Crippen molar-refractivity contribution in [2.45, 2.75) is 12.0 Å². The van der Waals surface area contributed by atoms with Gasteiger partial charge in [-0.2, -0.15) is 0 Å². The van der Waals surface area contributed by atoms with Crippen molar-refractivity contribution in [3.63, 3.8) is 0 Å². The lowest BCUT2D eigenvalue weighted by atomic mass is 9.81. The van der Waals surface area contributed by atoms with E-state index in [4.69, 9.17) is 4.74 Å². The lowest BCUT2D eigenvalue weighted by Crippen LogP contribution is -2.20. The number of nitrogens with zero attached hydrogens (tertiary/aromatic N) is 1. The van der Waals surface area contributed by atoms with Crippen LogP contribution in [0.5, 0.6) is 5.75 Å². The highest BCUT2D eigenvalue weighted by Crippen LogP contribution is 2.47. The standard InChI is InChI=1S/C46H33NO/c1-3-10-32(11-4-1)33-18-20-34(21-19-33)37-13-9-16-41(30-37)47(39-14-5-2-6-15-39)40-26-22-35(23-27-40)38-25-28-44-43(31-38)46-42-17-8-7-12-36(42)24-29-45(46)48-44/h1-31,45-46H. The van der Waals surface area contributed by atoms with Gasteiger partial charge in [-0.3, -0.25) is 0 Å². The maximum Gasteiger partial charge on any atom is 0.128 e. The number of benzene rings is 7. The minimum Gasteiger partial charge on any atom is -0.485 e. The quantitative estimate of drug-likeness (QED) is 0.185. The lowest BCUT2D eigenvalue weighted by molar-refractivity contribution is 0.267. The molecule has 1 aliphatic heterocycles. The molecule has 0 saturated heterocycles. The van der Waals surface area contributed by atoms with E-state index in [0.29, 0.717) is 0 Å². The van der Waals surface area contributed by atoms with E-state index in [1.807, 2.05) is 0 Å². The normalized spacial score (nSPS) is 15.6. The molecule has 228 valence electrons. The summed E-state index contributed by atoms with van der Waals surface area (Å²) in [6.45, 7) is 0. The molecular weight excluding hydrogens is 583 g/mol. The number of ether oxygens (including phenoxy) is 1. The van der Waals surface area contributed by atoms with E-state index in [0.717, 1.165) is 22.8 Å². The fourth-order valence-electron chi connectivity index (χ4n) is 7.25. The molecule has 1 heterocycles. The first kappa shape index (κ1) is 28.1. The van der Waals surface area contributed by atoms with E-state index >= 15 is 0 Å². The van der Waals surface area contributed by atoms with Gasteiger partial charge < -0.3 is 9.64 Å². The molecule has 0 N–H and O–H groups in total. The van der Waals surface area contributed by atoms with Crippen molar-refractivity contribution >= 4 is 23.1 Å². The number of fused-ring (bicyclic) bond motifs is 5. The van der Waals surface area contributed by atoms with Crippen LogP contribution >= 0.6 is 0 Å². The van der Waals surface area contributed by atoms with Crippen LogP contribution in [0.25, 0.3) is 39.5 Å². The molecule has 0 bridgehead atoms. The zero-order valence-electron chi connectivity index (χ0n) is 26.4. The molecule has 2 heteroatoms. The summed E-state index contributed by atoms with van der Waals surface area (Å²) in [5, 5.41) is 0. The minimum absolute atomic E-state index is 0.0459. The zero-order valence-corrected chi connectivity index (χ0v) is 26.4. The molecule has 2 unspecified atom stereocenters. The highest BCUT2D eigenvalue weighted by molar-refractivity contribution is 5.82. The average molecular weight is 616 g/mol. The van der Waals surface area contributed by atoms with Gasteiger partial charge in [0.15, 0.2) is 0 Å². The lowest BCUT2D eigenvalue weighted by Gasteiger charge is -2.26. The second-order valence-corrected chi connectivity index (χ2v) is 12.5. The first-order chi connectivity index (χ1) is 23.8. The summed E-state index contributed by atoms with van der Waals surface area (Å²) in [5.74, 6) is 1.20. The Kier molecular flexibility index (Phi) is 6.98. The van der Waals surface area contributed by atoms with Crippen molar-refractivity contribution in [3.05, 3.63) is 199 Å². The first-order valence-electron chi connectivity index (χ1n) is 16.6. The third-order valence-electron chi connectivity index (χ3n) is 9.64. The van der Waals surface area contributed by atoms with Crippen molar-refractivity contribution in [3.8, 4) is 39.1 Å². The predicted octanol–water partition coefficient (Wildman–Crippen LogP) is 12.1. The van der Waals surface area contributed by atoms with Crippen molar-refractivity contribution < 1.29 is 4.74 Å². The largest absolute Gasteiger partial charge is 0.485 e. The van der Waals surface area contributed by atoms with Gasteiger partial charge in [0.2, 0.25) is 0 Å². The highest BCUT2D eigenvalue weighted by atomic mass is 16.5. The Morgan fingerprint density at radius 3 is 1.71 bits per heavy atom. The van der Waals surface area contributed by atoms with Gasteiger partial charge in [-0.25, -0.2) is 0 Å². The molecule has 0 amide bonds. The van der Waals surface area contributed by atoms with Gasteiger partial charge in [-0.05, 0) is 99.1 Å². The number of hydrogen-bond donors (Lipinski definition) is 0. The fraction of sp³-hybridized carbons (Fsp3) is 0.0435. The van der Waals surface area contributed by atoms with Crippen LogP contribution in [0, 0.1) is 0 Å². The van der Waals surface area contributed by atoms with Gasteiger partial charge in [0.25, 0.3) is 0 Å². The number of para-hydroxylation sites is 1. The van der Waals surface area contributed by atoms with Crippen molar-refractivity contribution in [1.82, 2.24) is 0 Å². The molecule has 2 aliphatic rings. The summed E-state index contributed by atoms with van der Waals surface area (Å²) in [6.07, 6.45) is 4.44. The fourth-order valence-corrected chi connectivity index (χ4v) is 7.25. The summed E-state index contributed by atoms with van der Waals surface area (Å²) >= 11 is 0. The van der Waals surface area contributed by atoms with Crippen molar-refractivity contribution in [2.24, 2.45) is 0 Å². The molecule has 7 aromatic rings. The summed E-state index contributed by atoms with van der Waals surface area (Å²) in [6, 6.07) is 63.1. The second-order valence-electron chi connectivity index (χ2n) is 12.5. The van der Waals surface area contributed by atoms with Crippen molar-refractivity contribution in [2.75, 3.05) is 4.90 Å². The molecule has 0 radical (unpaired) electrons. The van der Waals surface area contributed by atoms with Gasteiger partial charge in [0.05, 0.1) is 5.92 Å². The summed E-state index contributed by atoms with van der Waals surface area (Å²) < 4.78 is 6.38. The van der Waals surface area contributed by atoms with Gasteiger partial charge in [-0.15, -0.1) is 0 Å². The van der Waals surface area contributed by atoms with Crippen LogP contribution in [0.15, 0.2) is 182 Å². The first-order valence-corrected chi connectivity index (χ1v) is 16.6. The Morgan fingerprint density at radius 2 is 0.938 bits per heavy atom. The molecular formula is C46H33NO. The number of hydrogen-bond acceptors (Lipinski definition) is 2. The maximum absolute atomic E-state index is 6.38. The second kappa shape index (κ2) is 11.9. The Hall–Kier alpha value is -6.12. The van der Waals surface area contributed by atoms with E-state index in [9.17, 15) is 0 Å². The smallest absolute Gasteiger partial charge is 0.128 e. The van der Waals surface area contributed by atoms with Crippen LogP contribution < -0.4 is 9.64 Å². The van der Waals surface area contributed by atoms with Gasteiger partial charge in [-0.1, -0.05) is 133 Å². The Bertz CT molecular complexity index is 2250.